The molecule has 2 fully saturated rings. The van der Waals surface area contributed by atoms with Crippen LogP contribution in [-0.2, 0) is 28.6 Å². The van der Waals surface area contributed by atoms with Crippen molar-refractivity contribution in [3.05, 3.63) is 0 Å². The van der Waals surface area contributed by atoms with Gasteiger partial charge in [0.2, 0.25) is 0 Å². The van der Waals surface area contributed by atoms with Crippen LogP contribution in [0.3, 0.4) is 0 Å². The highest BCUT2D eigenvalue weighted by atomic mass is 16.8. The van der Waals surface area contributed by atoms with Crippen molar-refractivity contribution in [1.29, 1.82) is 0 Å². The Morgan fingerprint density at radius 2 is 1.84 bits per heavy atom. The first kappa shape index (κ1) is 20.1. The van der Waals surface area contributed by atoms with Crippen LogP contribution in [0.5, 0.6) is 0 Å². The number of hydrogen-bond donors (Lipinski definition) is 0. The molecule has 7 heteroatoms. The number of esters is 1. The topological polar surface area (TPSA) is 74.3 Å². The Morgan fingerprint density at radius 3 is 2.36 bits per heavy atom. The van der Waals surface area contributed by atoms with Gasteiger partial charge in [-0.15, -0.1) is 5.06 Å². The third kappa shape index (κ3) is 3.68. The summed E-state index contributed by atoms with van der Waals surface area (Å²) in [6, 6.07) is 0. The molecule has 0 radical (unpaired) electrons. The van der Waals surface area contributed by atoms with E-state index in [2.05, 4.69) is 20.8 Å². The lowest BCUT2D eigenvalue weighted by atomic mass is 9.68. The molecule has 2 rings (SSSR count). The van der Waals surface area contributed by atoms with E-state index in [9.17, 15) is 9.59 Å². The van der Waals surface area contributed by atoms with E-state index in [0.29, 0.717) is 13.0 Å². The molecule has 144 valence electrons. The van der Waals surface area contributed by atoms with Gasteiger partial charge in [-0.2, -0.15) is 0 Å². The molecule has 0 aliphatic carbocycles. The largest absolute Gasteiger partial charge is 0.463 e. The summed E-state index contributed by atoms with van der Waals surface area (Å²) in [5.74, 6) is -1.52. The summed E-state index contributed by atoms with van der Waals surface area (Å²) < 4.78 is 17.5. The number of carbonyl (C=O) groups excluding carboxylic acids is 2. The Kier molecular flexibility index (Phi) is 5.52. The van der Waals surface area contributed by atoms with E-state index < -0.39 is 16.9 Å². The van der Waals surface area contributed by atoms with Gasteiger partial charge in [-0.05, 0) is 27.2 Å². The molecule has 0 N–H and O–H groups in total. The SMILES string of the molecule is CCC1(C)C(C)C2(CC(C)(C)N1OC(C)=O)OCC(COC(C)=O)O2. The van der Waals surface area contributed by atoms with Crippen LogP contribution in [0.1, 0.15) is 61.3 Å². The van der Waals surface area contributed by atoms with Crippen LogP contribution in [0, 0.1) is 5.92 Å². The highest BCUT2D eigenvalue weighted by Crippen LogP contribution is 2.53. The fourth-order valence-electron chi connectivity index (χ4n) is 4.17. The zero-order chi connectivity index (χ0) is 19.0. The van der Waals surface area contributed by atoms with Crippen molar-refractivity contribution >= 4 is 11.9 Å². The van der Waals surface area contributed by atoms with Crippen molar-refractivity contribution in [3.8, 4) is 0 Å². The average Bonchev–Trinajstić information content (AvgIpc) is 2.91. The first-order chi connectivity index (χ1) is 11.5. The van der Waals surface area contributed by atoms with Crippen LogP contribution in [0.2, 0.25) is 0 Å². The van der Waals surface area contributed by atoms with Gasteiger partial charge < -0.3 is 19.0 Å². The third-order valence-electron chi connectivity index (χ3n) is 5.57. The van der Waals surface area contributed by atoms with Crippen LogP contribution >= 0.6 is 0 Å². The van der Waals surface area contributed by atoms with Crippen LogP contribution < -0.4 is 0 Å². The molecule has 4 atom stereocenters. The second kappa shape index (κ2) is 6.85. The summed E-state index contributed by atoms with van der Waals surface area (Å²) in [6.45, 7) is 13.6. The fourth-order valence-corrected chi connectivity index (χ4v) is 4.17. The zero-order valence-electron chi connectivity index (χ0n) is 16.4. The van der Waals surface area contributed by atoms with E-state index in [4.69, 9.17) is 19.0 Å². The van der Waals surface area contributed by atoms with E-state index >= 15 is 0 Å². The smallest absolute Gasteiger partial charge is 0.322 e. The Labute approximate surface area is 149 Å². The maximum Gasteiger partial charge on any atom is 0.322 e. The molecule has 7 nitrogen and oxygen atoms in total. The molecule has 2 aliphatic rings. The van der Waals surface area contributed by atoms with E-state index in [1.165, 1.54) is 13.8 Å². The van der Waals surface area contributed by atoms with E-state index in [-0.39, 0.29) is 30.6 Å². The normalized spacial score (nSPS) is 37.9. The summed E-state index contributed by atoms with van der Waals surface area (Å²) in [4.78, 5) is 28.3. The number of hydrogen-bond acceptors (Lipinski definition) is 7. The second-order valence-electron chi connectivity index (χ2n) is 7.96. The lowest BCUT2D eigenvalue weighted by Crippen LogP contribution is -2.71. The van der Waals surface area contributed by atoms with Crippen molar-refractivity contribution in [2.24, 2.45) is 5.92 Å². The molecule has 2 aliphatic heterocycles. The van der Waals surface area contributed by atoms with Gasteiger partial charge in [-0.1, -0.05) is 13.8 Å². The molecule has 1 spiro atoms. The van der Waals surface area contributed by atoms with Crippen molar-refractivity contribution in [2.75, 3.05) is 13.2 Å². The van der Waals surface area contributed by atoms with Gasteiger partial charge in [0, 0.05) is 26.2 Å². The summed E-state index contributed by atoms with van der Waals surface area (Å²) in [5, 5.41) is 1.81. The maximum atomic E-state index is 11.6. The summed E-state index contributed by atoms with van der Waals surface area (Å²) >= 11 is 0. The van der Waals surface area contributed by atoms with E-state index in [0.717, 1.165) is 6.42 Å². The van der Waals surface area contributed by atoms with Crippen LogP contribution in [-0.4, -0.2) is 53.2 Å². The van der Waals surface area contributed by atoms with Gasteiger partial charge in [0.1, 0.15) is 12.7 Å². The molecule has 0 aromatic carbocycles. The number of hydroxylamine groups is 2. The minimum Gasteiger partial charge on any atom is -0.463 e. The molecular weight excluding hydrogens is 326 g/mol. The van der Waals surface area contributed by atoms with Gasteiger partial charge in [0.15, 0.2) is 5.79 Å². The molecule has 2 heterocycles. The summed E-state index contributed by atoms with van der Waals surface area (Å²) in [5.41, 5.74) is -0.928. The quantitative estimate of drug-likeness (QED) is 0.715. The molecule has 25 heavy (non-hydrogen) atoms. The maximum absolute atomic E-state index is 11.6. The molecule has 2 saturated heterocycles. The molecule has 0 bridgehead atoms. The fraction of sp³-hybridized carbons (Fsp3) is 0.889. The van der Waals surface area contributed by atoms with Crippen LogP contribution in [0.15, 0.2) is 0 Å². The number of ether oxygens (including phenoxy) is 3. The average molecular weight is 357 g/mol. The highest BCUT2D eigenvalue weighted by Gasteiger charge is 2.64. The summed E-state index contributed by atoms with van der Waals surface area (Å²) in [7, 11) is 0. The minimum absolute atomic E-state index is 0.0558. The van der Waals surface area contributed by atoms with Crippen molar-refractivity contribution in [1.82, 2.24) is 5.06 Å². The van der Waals surface area contributed by atoms with E-state index in [1.54, 1.807) is 0 Å². The van der Waals surface area contributed by atoms with Crippen molar-refractivity contribution in [2.45, 2.75) is 84.3 Å². The van der Waals surface area contributed by atoms with Gasteiger partial charge >= 0.3 is 11.9 Å². The Balaban J connectivity index is 2.28. The van der Waals surface area contributed by atoms with Gasteiger partial charge in [0.25, 0.3) is 0 Å². The Hall–Kier alpha value is -1.18. The van der Waals surface area contributed by atoms with Gasteiger partial charge in [0.05, 0.1) is 17.7 Å². The predicted molar refractivity (Wildman–Crippen MR) is 90.4 cm³/mol. The number of carbonyl (C=O) groups is 2. The highest BCUT2D eigenvalue weighted by molar-refractivity contribution is 5.66. The van der Waals surface area contributed by atoms with Crippen molar-refractivity contribution < 1.29 is 28.6 Å². The van der Waals surface area contributed by atoms with Gasteiger partial charge in [-0.3, -0.25) is 9.59 Å². The molecule has 0 amide bonds. The molecule has 0 aromatic heterocycles. The van der Waals surface area contributed by atoms with Crippen LogP contribution in [0.4, 0.5) is 0 Å². The summed E-state index contributed by atoms with van der Waals surface area (Å²) in [6.07, 6.45) is 1.01. The van der Waals surface area contributed by atoms with Crippen molar-refractivity contribution in [3.63, 3.8) is 0 Å². The molecule has 0 saturated carbocycles. The molecular formula is C18H31NO6. The monoisotopic (exact) mass is 357 g/mol. The number of rotatable bonds is 4. The number of piperidine rings is 1. The van der Waals surface area contributed by atoms with E-state index in [1.807, 2.05) is 18.9 Å². The Bertz CT molecular complexity index is 536. The standard InChI is InChI=1S/C18H31NO6/c1-8-17(7)12(2)18(11-16(5,6)19(17)25-14(4)21)23-10-15(24-18)9-22-13(3)20/h12,15H,8-11H2,1-7H3. The first-order valence-corrected chi connectivity index (χ1v) is 8.91. The van der Waals surface area contributed by atoms with Gasteiger partial charge in [-0.25, -0.2) is 0 Å². The second-order valence-corrected chi connectivity index (χ2v) is 7.96. The predicted octanol–water partition coefficient (Wildman–Crippen LogP) is 2.43. The molecule has 4 unspecified atom stereocenters. The van der Waals surface area contributed by atoms with Crippen LogP contribution in [0.25, 0.3) is 0 Å². The molecule has 0 aromatic rings. The third-order valence-corrected chi connectivity index (χ3v) is 5.57. The lowest BCUT2D eigenvalue weighted by Gasteiger charge is -2.60. The lowest BCUT2D eigenvalue weighted by molar-refractivity contribution is -0.351. The minimum atomic E-state index is -0.796. The Morgan fingerprint density at radius 1 is 1.20 bits per heavy atom. The zero-order valence-corrected chi connectivity index (χ0v) is 16.4. The first-order valence-electron chi connectivity index (χ1n) is 8.91. The number of nitrogens with zero attached hydrogens (tertiary/aromatic N) is 1.